The number of hydrogen-bond donors (Lipinski definition) is 2. The van der Waals surface area contributed by atoms with E-state index in [0.717, 1.165) is 35.6 Å². The maximum Gasteiger partial charge on any atom is 0.266 e. The number of nitrogens with one attached hydrogen (secondary N) is 2. The van der Waals surface area contributed by atoms with Crippen molar-refractivity contribution in [2.75, 3.05) is 10.0 Å². The minimum atomic E-state index is -4.24. The van der Waals surface area contributed by atoms with E-state index >= 15 is 0 Å². The van der Waals surface area contributed by atoms with Gasteiger partial charge in [-0.15, -0.1) is 11.3 Å². The average Bonchev–Trinajstić information content (AvgIpc) is 3.09. The second-order valence-electron chi connectivity index (χ2n) is 5.74. The lowest BCUT2D eigenvalue weighted by molar-refractivity contribution is 0.566. The van der Waals surface area contributed by atoms with Crippen molar-refractivity contribution in [3.63, 3.8) is 0 Å². The number of sulfonamides is 1. The van der Waals surface area contributed by atoms with Crippen LogP contribution in [-0.4, -0.2) is 13.4 Å². The van der Waals surface area contributed by atoms with Gasteiger partial charge in [0.05, 0.1) is 16.8 Å². The van der Waals surface area contributed by atoms with E-state index in [1.807, 2.05) is 0 Å². The zero-order chi connectivity index (χ0) is 20.5. The molecule has 11 heteroatoms. The van der Waals surface area contributed by atoms with Crippen LogP contribution >= 0.6 is 22.9 Å². The van der Waals surface area contributed by atoms with Gasteiger partial charge in [-0.3, -0.25) is 4.72 Å². The van der Waals surface area contributed by atoms with Crippen LogP contribution in [-0.2, 0) is 10.0 Å². The third-order valence-electron chi connectivity index (χ3n) is 3.77. The van der Waals surface area contributed by atoms with E-state index in [4.69, 9.17) is 11.6 Å². The molecule has 5 nitrogen and oxygen atoms in total. The molecule has 1 heterocycles. The van der Waals surface area contributed by atoms with Crippen molar-refractivity contribution in [1.82, 2.24) is 4.98 Å². The summed E-state index contributed by atoms with van der Waals surface area (Å²) >= 11 is 7.13. The molecule has 0 aliphatic rings. The highest BCUT2D eigenvalue weighted by atomic mass is 35.5. The van der Waals surface area contributed by atoms with Crippen molar-refractivity contribution in [2.45, 2.75) is 17.9 Å². The maximum atomic E-state index is 14.5. The van der Waals surface area contributed by atoms with Gasteiger partial charge in [-0.05, 0) is 25.1 Å². The summed E-state index contributed by atoms with van der Waals surface area (Å²) in [7, 11) is -4.24. The molecule has 0 aliphatic carbocycles. The molecule has 0 spiro atoms. The Bertz CT molecular complexity index is 1110. The summed E-state index contributed by atoms with van der Waals surface area (Å²) in [4.78, 5) is 3.13. The predicted octanol–water partition coefficient (Wildman–Crippen LogP) is 5.19. The van der Waals surface area contributed by atoms with E-state index in [0.29, 0.717) is 0 Å². The smallest absolute Gasteiger partial charge is 0.266 e. The minimum Gasteiger partial charge on any atom is -0.377 e. The standard InChI is InChI=1S/C17H13ClF3N3O2S2/c1-9(11-3-2-10(19)6-13(11)20)23-15-8-14(21)16(7-12(15)18)28(25,26)24-17-22-4-5-27-17/h2-9,23H,1H3,(H,22,24). The van der Waals surface area contributed by atoms with Gasteiger partial charge < -0.3 is 5.32 Å². The number of anilines is 2. The van der Waals surface area contributed by atoms with Crippen LogP contribution in [0.15, 0.2) is 46.8 Å². The van der Waals surface area contributed by atoms with Crippen molar-refractivity contribution in [2.24, 2.45) is 0 Å². The van der Waals surface area contributed by atoms with Crippen LogP contribution in [0.25, 0.3) is 0 Å². The van der Waals surface area contributed by atoms with Gasteiger partial charge in [0.15, 0.2) is 5.13 Å². The number of benzene rings is 2. The first-order valence-electron chi connectivity index (χ1n) is 7.80. The molecule has 0 radical (unpaired) electrons. The molecular formula is C17H13ClF3N3O2S2. The first-order valence-corrected chi connectivity index (χ1v) is 10.5. The van der Waals surface area contributed by atoms with E-state index in [1.165, 1.54) is 12.3 Å². The molecule has 2 N–H and O–H groups in total. The zero-order valence-corrected chi connectivity index (χ0v) is 16.6. The third-order valence-corrected chi connectivity index (χ3v) is 6.25. The Kier molecular flexibility index (Phi) is 5.82. The fourth-order valence-corrected chi connectivity index (χ4v) is 4.61. The van der Waals surface area contributed by atoms with Gasteiger partial charge in [0.25, 0.3) is 10.0 Å². The van der Waals surface area contributed by atoms with Crippen LogP contribution in [0.1, 0.15) is 18.5 Å². The summed E-state index contributed by atoms with van der Waals surface area (Å²) in [6.07, 6.45) is 1.40. The maximum absolute atomic E-state index is 14.5. The van der Waals surface area contributed by atoms with Gasteiger partial charge in [0.2, 0.25) is 0 Å². The van der Waals surface area contributed by atoms with E-state index in [-0.39, 0.29) is 21.4 Å². The fourth-order valence-electron chi connectivity index (χ4n) is 2.45. The van der Waals surface area contributed by atoms with Crippen LogP contribution in [0.5, 0.6) is 0 Å². The topological polar surface area (TPSA) is 71.1 Å². The zero-order valence-electron chi connectivity index (χ0n) is 14.2. The Hall–Kier alpha value is -2.30. The fraction of sp³-hybridized carbons (Fsp3) is 0.118. The first kappa shape index (κ1) is 20.4. The average molecular weight is 448 g/mol. The van der Waals surface area contributed by atoms with Crippen molar-refractivity contribution in [1.29, 1.82) is 0 Å². The molecule has 0 amide bonds. The van der Waals surface area contributed by atoms with Crippen LogP contribution in [0.3, 0.4) is 0 Å². The number of thiazole rings is 1. The second kappa shape index (κ2) is 7.98. The summed E-state index contributed by atoms with van der Waals surface area (Å²) in [5.74, 6) is -2.55. The molecule has 1 aromatic heterocycles. The van der Waals surface area contributed by atoms with Gasteiger partial charge in [0, 0.05) is 23.2 Å². The predicted molar refractivity (Wildman–Crippen MR) is 103 cm³/mol. The van der Waals surface area contributed by atoms with E-state index < -0.39 is 38.4 Å². The molecule has 0 bridgehead atoms. The Morgan fingerprint density at radius 3 is 2.54 bits per heavy atom. The quantitative estimate of drug-likeness (QED) is 0.545. The summed E-state index contributed by atoms with van der Waals surface area (Å²) in [6, 6.07) is 4.24. The normalized spacial score (nSPS) is 12.6. The molecule has 3 aromatic rings. The molecule has 1 unspecified atom stereocenters. The lowest BCUT2D eigenvalue weighted by Crippen LogP contribution is -2.15. The Labute approximate surface area is 168 Å². The lowest BCUT2D eigenvalue weighted by atomic mass is 10.1. The number of halogens is 4. The minimum absolute atomic E-state index is 0.0589. The van der Waals surface area contributed by atoms with Gasteiger partial charge >= 0.3 is 0 Å². The number of rotatable bonds is 6. The second-order valence-corrected chi connectivity index (χ2v) is 8.69. The summed E-state index contributed by atoms with van der Waals surface area (Å²) in [5.41, 5.74) is 0.198. The summed E-state index contributed by atoms with van der Waals surface area (Å²) in [5, 5.41) is 4.35. The van der Waals surface area contributed by atoms with Crippen LogP contribution in [0.2, 0.25) is 5.02 Å². The molecule has 28 heavy (non-hydrogen) atoms. The SMILES string of the molecule is CC(Nc1cc(F)c(S(=O)(=O)Nc2nccs2)cc1Cl)c1ccc(F)cc1F. The summed E-state index contributed by atoms with van der Waals surface area (Å²) < 4.78 is 68.3. The van der Waals surface area contributed by atoms with Gasteiger partial charge in [-0.1, -0.05) is 17.7 Å². The Morgan fingerprint density at radius 2 is 1.89 bits per heavy atom. The van der Waals surface area contributed by atoms with Gasteiger partial charge in [-0.2, -0.15) is 0 Å². The highest BCUT2D eigenvalue weighted by Crippen LogP contribution is 2.32. The van der Waals surface area contributed by atoms with Gasteiger partial charge in [0.1, 0.15) is 22.3 Å². The molecule has 0 saturated heterocycles. The molecule has 0 fully saturated rings. The van der Waals surface area contributed by atoms with Crippen molar-refractivity contribution >= 4 is 43.8 Å². The molecule has 2 aromatic carbocycles. The first-order chi connectivity index (χ1) is 13.2. The molecule has 148 valence electrons. The number of aromatic nitrogens is 1. The van der Waals surface area contributed by atoms with Crippen molar-refractivity contribution < 1.29 is 21.6 Å². The van der Waals surface area contributed by atoms with Crippen LogP contribution in [0.4, 0.5) is 24.0 Å². The van der Waals surface area contributed by atoms with E-state index in [1.54, 1.807) is 12.3 Å². The van der Waals surface area contributed by atoms with Crippen LogP contribution in [0, 0.1) is 17.5 Å². The Balaban J connectivity index is 1.87. The summed E-state index contributed by atoms with van der Waals surface area (Å²) in [6.45, 7) is 1.57. The Morgan fingerprint density at radius 1 is 1.14 bits per heavy atom. The molecule has 1 atom stereocenters. The number of hydrogen-bond acceptors (Lipinski definition) is 5. The monoisotopic (exact) mass is 447 g/mol. The third kappa shape index (κ3) is 4.40. The molecule has 3 rings (SSSR count). The van der Waals surface area contributed by atoms with E-state index in [2.05, 4.69) is 15.0 Å². The molecular weight excluding hydrogens is 435 g/mol. The van der Waals surface area contributed by atoms with Crippen molar-refractivity contribution in [3.8, 4) is 0 Å². The van der Waals surface area contributed by atoms with Crippen molar-refractivity contribution in [3.05, 3.63) is 69.9 Å². The molecule has 0 saturated carbocycles. The molecule has 0 aliphatic heterocycles. The lowest BCUT2D eigenvalue weighted by Gasteiger charge is -2.18. The van der Waals surface area contributed by atoms with Gasteiger partial charge in [-0.25, -0.2) is 26.6 Å². The van der Waals surface area contributed by atoms with E-state index in [9.17, 15) is 21.6 Å². The largest absolute Gasteiger partial charge is 0.377 e. The number of nitrogens with zero attached hydrogens (tertiary/aromatic N) is 1. The van der Waals surface area contributed by atoms with Crippen LogP contribution < -0.4 is 10.0 Å². The highest BCUT2D eigenvalue weighted by Gasteiger charge is 2.23. The highest BCUT2D eigenvalue weighted by molar-refractivity contribution is 7.93.